The predicted molar refractivity (Wildman–Crippen MR) is 79.9 cm³/mol. The van der Waals surface area contributed by atoms with Crippen molar-refractivity contribution in [1.29, 1.82) is 0 Å². The summed E-state index contributed by atoms with van der Waals surface area (Å²) in [4.78, 5) is 28.1. The maximum absolute atomic E-state index is 13.9. The second kappa shape index (κ2) is 4.93. The molecule has 2 saturated heterocycles. The fourth-order valence-electron chi connectivity index (χ4n) is 4.26. The topological polar surface area (TPSA) is 40.6 Å². The van der Waals surface area contributed by atoms with Gasteiger partial charge in [-0.25, -0.2) is 4.39 Å². The highest BCUT2D eigenvalue weighted by Crippen LogP contribution is 2.45. The van der Waals surface area contributed by atoms with E-state index >= 15 is 0 Å². The average Bonchev–Trinajstić information content (AvgIpc) is 3.13. The summed E-state index contributed by atoms with van der Waals surface area (Å²) in [5.41, 5.74) is -1.50. The first-order chi connectivity index (χ1) is 10.5. The minimum absolute atomic E-state index is 0.0463. The van der Waals surface area contributed by atoms with E-state index in [1.54, 1.807) is 4.90 Å². The van der Waals surface area contributed by atoms with Crippen molar-refractivity contribution in [3.8, 4) is 0 Å². The van der Waals surface area contributed by atoms with Crippen LogP contribution in [0, 0.1) is 11.3 Å². The summed E-state index contributed by atoms with van der Waals surface area (Å²) in [5.74, 6) is 0.691. The van der Waals surface area contributed by atoms with Crippen molar-refractivity contribution in [3.05, 3.63) is 0 Å². The Morgan fingerprint density at radius 2 is 1.86 bits per heavy atom. The molecule has 0 N–H and O–H groups in total. The number of rotatable bonds is 3. The second-order valence-corrected chi connectivity index (χ2v) is 8.01. The van der Waals surface area contributed by atoms with E-state index in [-0.39, 0.29) is 17.2 Å². The van der Waals surface area contributed by atoms with E-state index in [9.17, 15) is 14.0 Å². The van der Waals surface area contributed by atoms with Gasteiger partial charge in [-0.15, -0.1) is 0 Å². The van der Waals surface area contributed by atoms with Crippen LogP contribution >= 0.6 is 0 Å². The number of hydrogen-bond donors (Lipinski definition) is 0. The number of likely N-dealkylation sites (tertiary alicyclic amines) is 2. The third-order valence-corrected chi connectivity index (χ3v) is 6.29. The lowest BCUT2D eigenvalue weighted by Crippen LogP contribution is -2.47. The molecule has 2 heterocycles. The van der Waals surface area contributed by atoms with E-state index in [2.05, 4.69) is 4.90 Å². The second-order valence-electron chi connectivity index (χ2n) is 8.01. The van der Waals surface area contributed by atoms with Gasteiger partial charge in [-0.2, -0.15) is 0 Å². The number of carbonyl (C=O) groups is 2. The maximum Gasteiger partial charge on any atom is 0.260 e. The number of halogens is 1. The van der Waals surface area contributed by atoms with E-state index in [0.717, 1.165) is 25.9 Å². The van der Waals surface area contributed by atoms with Crippen LogP contribution in [0.1, 0.15) is 51.4 Å². The lowest BCUT2D eigenvalue weighted by molar-refractivity contribution is -0.140. The van der Waals surface area contributed by atoms with Crippen molar-refractivity contribution in [2.24, 2.45) is 11.3 Å². The Morgan fingerprint density at radius 3 is 2.41 bits per heavy atom. The van der Waals surface area contributed by atoms with Crippen LogP contribution in [-0.2, 0) is 9.59 Å². The van der Waals surface area contributed by atoms with Gasteiger partial charge in [-0.05, 0) is 44.4 Å². The van der Waals surface area contributed by atoms with Crippen LogP contribution in [0.2, 0.25) is 0 Å². The van der Waals surface area contributed by atoms with Gasteiger partial charge in [0, 0.05) is 38.0 Å². The molecule has 0 unspecified atom stereocenters. The summed E-state index contributed by atoms with van der Waals surface area (Å²) in [6.07, 6.45) is 6.93. The van der Waals surface area contributed by atoms with Gasteiger partial charge in [-0.3, -0.25) is 9.59 Å². The summed E-state index contributed by atoms with van der Waals surface area (Å²) >= 11 is 0. The molecule has 0 bridgehead atoms. The third kappa shape index (κ3) is 2.42. The molecule has 1 spiro atoms. The standard InChI is InChI=1S/C17H25FN2O2/c18-17(4-5-17)15(22)19-8-6-16(7-9-19)10-14(21)20(12-16)11-13-2-1-3-13/h13H,1-12H2. The average molecular weight is 308 g/mol. The summed E-state index contributed by atoms with van der Waals surface area (Å²) in [5, 5.41) is 0. The van der Waals surface area contributed by atoms with Gasteiger partial charge in [-0.1, -0.05) is 6.42 Å². The fraction of sp³-hybridized carbons (Fsp3) is 0.882. The van der Waals surface area contributed by atoms with Crippen LogP contribution in [0.3, 0.4) is 0 Å². The van der Waals surface area contributed by atoms with E-state index in [0.29, 0.717) is 38.3 Å². The molecule has 0 aromatic carbocycles. The van der Waals surface area contributed by atoms with Gasteiger partial charge >= 0.3 is 0 Å². The number of hydrogen-bond acceptors (Lipinski definition) is 2. The van der Waals surface area contributed by atoms with Crippen molar-refractivity contribution >= 4 is 11.8 Å². The highest BCUT2D eigenvalue weighted by Gasteiger charge is 2.54. The zero-order valence-corrected chi connectivity index (χ0v) is 13.2. The lowest BCUT2D eigenvalue weighted by atomic mass is 9.77. The fourth-order valence-corrected chi connectivity index (χ4v) is 4.26. The minimum Gasteiger partial charge on any atom is -0.342 e. The van der Waals surface area contributed by atoms with Gasteiger partial charge in [0.25, 0.3) is 5.91 Å². The Bertz CT molecular complexity index is 491. The van der Waals surface area contributed by atoms with Crippen molar-refractivity contribution in [1.82, 2.24) is 9.80 Å². The molecule has 2 saturated carbocycles. The molecule has 2 amide bonds. The first-order valence-corrected chi connectivity index (χ1v) is 8.76. The first-order valence-electron chi connectivity index (χ1n) is 8.76. The van der Waals surface area contributed by atoms with E-state index < -0.39 is 5.67 Å². The van der Waals surface area contributed by atoms with Crippen LogP contribution in [0.5, 0.6) is 0 Å². The van der Waals surface area contributed by atoms with Gasteiger partial charge in [0.15, 0.2) is 5.67 Å². The van der Waals surface area contributed by atoms with E-state index in [4.69, 9.17) is 0 Å². The van der Waals surface area contributed by atoms with Crippen molar-refractivity contribution in [2.75, 3.05) is 26.2 Å². The number of amides is 2. The number of nitrogens with zero attached hydrogens (tertiary/aromatic N) is 2. The Morgan fingerprint density at radius 1 is 1.18 bits per heavy atom. The molecule has 4 rings (SSSR count). The molecule has 0 atom stereocenters. The van der Waals surface area contributed by atoms with Crippen LogP contribution in [0.4, 0.5) is 4.39 Å². The van der Waals surface area contributed by atoms with Crippen LogP contribution in [-0.4, -0.2) is 53.5 Å². The normalized spacial score (nSPS) is 29.8. The molecule has 0 radical (unpaired) electrons. The van der Waals surface area contributed by atoms with Crippen LogP contribution < -0.4 is 0 Å². The smallest absolute Gasteiger partial charge is 0.260 e. The molecule has 0 aromatic rings. The number of alkyl halides is 1. The zero-order valence-electron chi connectivity index (χ0n) is 13.2. The summed E-state index contributed by atoms with van der Waals surface area (Å²) < 4.78 is 13.9. The SMILES string of the molecule is O=C1CC2(CCN(C(=O)C3(F)CC3)CC2)CN1CC1CCC1. The van der Waals surface area contributed by atoms with Crippen molar-refractivity contribution in [2.45, 2.75) is 57.0 Å². The summed E-state index contributed by atoms with van der Waals surface area (Å²) in [6.45, 7) is 3.02. The van der Waals surface area contributed by atoms with Crippen molar-refractivity contribution < 1.29 is 14.0 Å². The maximum atomic E-state index is 13.9. The molecule has 2 aliphatic heterocycles. The van der Waals surface area contributed by atoms with Gasteiger partial charge < -0.3 is 9.80 Å². The molecule has 22 heavy (non-hydrogen) atoms. The Kier molecular flexibility index (Phi) is 3.24. The van der Waals surface area contributed by atoms with E-state index in [1.165, 1.54) is 19.3 Å². The summed E-state index contributed by atoms with van der Waals surface area (Å²) in [7, 11) is 0. The van der Waals surface area contributed by atoms with Gasteiger partial charge in [0.1, 0.15) is 0 Å². The Balaban J connectivity index is 1.34. The third-order valence-electron chi connectivity index (χ3n) is 6.29. The first kappa shape index (κ1) is 14.5. The predicted octanol–water partition coefficient (Wildman–Crippen LogP) is 2.13. The molecular formula is C17H25FN2O2. The van der Waals surface area contributed by atoms with Gasteiger partial charge in [0.2, 0.25) is 5.91 Å². The number of piperidine rings is 1. The quantitative estimate of drug-likeness (QED) is 0.801. The van der Waals surface area contributed by atoms with Gasteiger partial charge in [0.05, 0.1) is 0 Å². The molecule has 4 fully saturated rings. The van der Waals surface area contributed by atoms with Crippen LogP contribution in [0.25, 0.3) is 0 Å². The zero-order chi connectivity index (χ0) is 15.4. The summed E-state index contributed by atoms with van der Waals surface area (Å²) in [6, 6.07) is 0. The van der Waals surface area contributed by atoms with Crippen LogP contribution in [0.15, 0.2) is 0 Å². The monoisotopic (exact) mass is 308 g/mol. The molecule has 4 aliphatic rings. The van der Waals surface area contributed by atoms with E-state index in [1.807, 2.05) is 0 Å². The molecule has 0 aromatic heterocycles. The Labute approximate surface area is 131 Å². The molecule has 4 nitrogen and oxygen atoms in total. The molecule has 122 valence electrons. The largest absolute Gasteiger partial charge is 0.342 e. The molecular weight excluding hydrogens is 283 g/mol. The highest BCUT2D eigenvalue weighted by molar-refractivity contribution is 5.88. The molecule has 5 heteroatoms. The number of carbonyl (C=O) groups excluding carboxylic acids is 2. The highest BCUT2D eigenvalue weighted by atomic mass is 19.1. The lowest BCUT2D eigenvalue weighted by Gasteiger charge is -2.39. The molecule has 2 aliphatic carbocycles. The Hall–Kier alpha value is -1.13. The van der Waals surface area contributed by atoms with Crippen molar-refractivity contribution in [3.63, 3.8) is 0 Å². The minimum atomic E-state index is -1.55.